The van der Waals surface area contributed by atoms with Crippen molar-refractivity contribution in [3.05, 3.63) is 0 Å². The van der Waals surface area contributed by atoms with E-state index >= 15 is 0 Å². The van der Waals surface area contributed by atoms with Crippen LogP contribution < -0.4 is 0 Å². The van der Waals surface area contributed by atoms with E-state index in [0.717, 1.165) is 6.42 Å². The highest BCUT2D eigenvalue weighted by Crippen LogP contribution is 2.17. The molecule has 1 unspecified atom stereocenters. The fourth-order valence-electron chi connectivity index (χ4n) is 0.957. The molecule has 0 radical (unpaired) electrons. The van der Waals surface area contributed by atoms with Gasteiger partial charge in [-0.3, -0.25) is 4.90 Å². The van der Waals surface area contributed by atoms with E-state index in [9.17, 15) is 5.11 Å². The molecule has 0 heterocycles. The fraction of sp³-hybridized carbons (Fsp3) is 1.00. The Hall–Kier alpha value is -0.120. The lowest BCUT2D eigenvalue weighted by atomic mass is 9.98. The molecule has 0 aliphatic rings. The number of nitrogens with zero attached hydrogens (tertiary/aromatic N) is 1. The van der Waals surface area contributed by atoms with Crippen LogP contribution >= 0.6 is 0 Å². The Bertz CT molecular complexity index is 155. The van der Waals surface area contributed by atoms with Gasteiger partial charge in [0, 0.05) is 12.1 Å². The van der Waals surface area contributed by atoms with Gasteiger partial charge in [0.05, 0.1) is 12.2 Å². The molecule has 2 N–H and O–H groups in total. The van der Waals surface area contributed by atoms with Crippen molar-refractivity contribution in [2.75, 3.05) is 20.2 Å². The maximum atomic E-state index is 9.83. The third-order valence-electron chi connectivity index (χ3n) is 2.76. The molecule has 80 valence electrons. The summed E-state index contributed by atoms with van der Waals surface area (Å²) in [5.74, 6) is 0. The van der Waals surface area contributed by atoms with Gasteiger partial charge < -0.3 is 10.2 Å². The molecule has 0 saturated heterocycles. The summed E-state index contributed by atoms with van der Waals surface area (Å²) in [5, 5.41) is 18.9. The molecule has 1 atom stereocenters. The lowest BCUT2D eigenvalue weighted by Crippen LogP contribution is -2.50. The number of aliphatic hydroxyl groups is 2. The summed E-state index contributed by atoms with van der Waals surface area (Å²) < 4.78 is 0. The van der Waals surface area contributed by atoms with E-state index in [1.165, 1.54) is 0 Å². The summed E-state index contributed by atoms with van der Waals surface area (Å²) in [4.78, 5) is 1.98. The molecular weight excluding hydrogens is 166 g/mol. The molecule has 0 rings (SSSR count). The molecule has 0 amide bonds. The highest BCUT2D eigenvalue weighted by molar-refractivity contribution is 4.83. The van der Waals surface area contributed by atoms with Crippen LogP contribution in [0.15, 0.2) is 0 Å². The number of likely N-dealkylation sites (N-methyl/N-ethyl adjacent to an activating group) is 1. The van der Waals surface area contributed by atoms with E-state index < -0.39 is 5.60 Å². The minimum absolute atomic E-state index is 0.100. The molecule has 0 aromatic rings. The first-order chi connectivity index (χ1) is 5.75. The Balaban J connectivity index is 4.22. The van der Waals surface area contributed by atoms with Crippen LogP contribution in [-0.4, -0.2) is 46.5 Å². The van der Waals surface area contributed by atoms with Gasteiger partial charge >= 0.3 is 0 Å². The van der Waals surface area contributed by atoms with Crippen molar-refractivity contribution >= 4 is 0 Å². The largest absolute Gasteiger partial charge is 0.394 e. The Kier molecular flexibility index (Phi) is 4.36. The van der Waals surface area contributed by atoms with Gasteiger partial charge in [-0.25, -0.2) is 0 Å². The summed E-state index contributed by atoms with van der Waals surface area (Å²) in [6, 6.07) is 0. The van der Waals surface area contributed by atoms with Gasteiger partial charge in [-0.2, -0.15) is 0 Å². The summed E-state index contributed by atoms with van der Waals surface area (Å²) in [5.41, 5.74) is -0.930. The number of β-amino-alcohol motifs (C(OH)–C–C–N with tert-alkyl or cyclic N) is 1. The van der Waals surface area contributed by atoms with Crippen molar-refractivity contribution in [2.45, 2.75) is 45.3 Å². The van der Waals surface area contributed by atoms with Crippen LogP contribution in [0.5, 0.6) is 0 Å². The van der Waals surface area contributed by atoms with Crippen molar-refractivity contribution in [1.29, 1.82) is 0 Å². The monoisotopic (exact) mass is 189 g/mol. The van der Waals surface area contributed by atoms with E-state index in [0.29, 0.717) is 6.54 Å². The molecule has 0 spiro atoms. The van der Waals surface area contributed by atoms with Gasteiger partial charge in [0.2, 0.25) is 0 Å². The van der Waals surface area contributed by atoms with Crippen molar-refractivity contribution < 1.29 is 10.2 Å². The summed E-state index contributed by atoms with van der Waals surface area (Å²) >= 11 is 0. The highest BCUT2D eigenvalue weighted by atomic mass is 16.3. The Morgan fingerprint density at radius 1 is 1.23 bits per heavy atom. The van der Waals surface area contributed by atoms with Gasteiger partial charge in [0.1, 0.15) is 0 Å². The minimum Gasteiger partial charge on any atom is -0.394 e. The van der Waals surface area contributed by atoms with Crippen molar-refractivity contribution in [2.24, 2.45) is 0 Å². The standard InChI is InChI=1S/C10H23NO2/c1-6-10(4,13)7-11(5)9(2,3)8-12/h12-13H,6-8H2,1-5H3. The van der Waals surface area contributed by atoms with Crippen LogP contribution in [0.3, 0.4) is 0 Å². The topological polar surface area (TPSA) is 43.7 Å². The number of hydrogen-bond donors (Lipinski definition) is 2. The van der Waals surface area contributed by atoms with Crippen LogP contribution in [0.25, 0.3) is 0 Å². The van der Waals surface area contributed by atoms with Crippen molar-refractivity contribution in [1.82, 2.24) is 4.90 Å². The predicted octanol–water partition coefficient (Wildman–Crippen LogP) is 0.850. The van der Waals surface area contributed by atoms with Crippen molar-refractivity contribution in [3.63, 3.8) is 0 Å². The highest BCUT2D eigenvalue weighted by Gasteiger charge is 2.28. The average Bonchev–Trinajstić information content (AvgIpc) is 2.04. The maximum absolute atomic E-state index is 9.83. The first-order valence-corrected chi connectivity index (χ1v) is 4.79. The molecule has 13 heavy (non-hydrogen) atoms. The summed E-state index contributed by atoms with van der Waals surface area (Å²) in [7, 11) is 1.92. The van der Waals surface area contributed by atoms with E-state index in [-0.39, 0.29) is 12.1 Å². The first kappa shape index (κ1) is 12.9. The molecule has 0 saturated carbocycles. The third-order valence-corrected chi connectivity index (χ3v) is 2.76. The minimum atomic E-state index is -0.665. The zero-order chi connectivity index (χ0) is 10.7. The Morgan fingerprint density at radius 2 is 1.69 bits per heavy atom. The zero-order valence-corrected chi connectivity index (χ0v) is 9.46. The molecule has 3 heteroatoms. The van der Waals surface area contributed by atoms with Crippen molar-refractivity contribution in [3.8, 4) is 0 Å². The van der Waals surface area contributed by atoms with Gasteiger partial charge in [-0.15, -0.1) is 0 Å². The quantitative estimate of drug-likeness (QED) is 0.674. The van der Waals surface area contributed by atoms with Crippen LogP contribution in [0.2, 0.25) is 0 Å². The first-order valence-electron chi connectivity index (χ1n) is 4.79. The van der Waals surface area contributed by atoms with Crippen LogP contribution in [0, 0.1) is 0 Å². The fourth-order valence-corrected chi connectivity index (χ4v) is 0.957. The second kappa shape index (κ2) is 4.40. The lowest BCUT2D eigenvalue weighted by Gasteiger charge is -2.38. The third kappa shape index (κ3) is 4.07. The molecule has 0 aliphatic carbocycles. The molecule has 0 fully saturated rings. The van der Waals surface area contributed by atoms with Crippen LogP contribution in [0.4, 0.5) is 0 Å². The second-order valence-electron chi connectivity index (χ2n) is 4.68. The van der Waals surface area contributed by atoms with E-state index in [4.69, 9.17) is 5.11 Å². The number of rotatable bonds is 5. The van der Waals surface area contributed by atoms with Gasteiger partial charge in [-0.05, 0) is 34.2 Å². The van der Waals surface area contributed by atoms with E-state index in [2.05, 4.69) is 0 Å². The van der Waals surface area contributed by atoms with Gasteiger partial charge in [-0.1, -0.05) is 6.92 Å². The SMILES string of the molecule is CCC(C)(O)CN(C)C(C)(C)CO. The smallest absolute Gasteiger partial charge is 0.0743 e. The Labute approximate surface area is 81.4 Å². The average molecular weight is 189 g/mol. The predicted molar refractivity (Wildman–Crippen MR) is 54.7 cm³/mol. The molecule has 3 nitrogen and oxygen atoms in total. The molecule has 0 bridgehead atoms. The molecule has 0 aliphatic heterocycles. The molecular formula is C10H23NO2. The van der Waals surface area contributed by atoms with Crippen LogP contribution in [-0.2, 0) is 0 Å². The molecule has 0 aromatic heterocycles. The second-order valence-corrected chi connectivity index (χ2v) is 4.68. The van der Waals surface area contributed by atoms with E-state index in [1.54, 1.807) is 0 Å². The number of hydrogen-bond acceptors (Lipinski definition) is 3. The number of aliphatic hydroxyl groups excluding tert-OH is 1. The lowest BCUT2D eigenvalue weighted by molar-refractivity contribution is -0.0186. The summed E-state index contributed by atoms with van der Waals surface area (Å²) in [6.45, 7) is 8.37. The van der Waals surface area contributed by atoms with Crippen LogP contribution in [0.1, 0.15) is 34.1 Å². The normalized spacial score (nSPS) is 17.5. The van der Waals surface area contributed by atoms with Gasteiger partial charge in [0.15, 0.2) is 0 Å². The van der Waals surface area contributed by atoms with E-state index in [1.807, 2.05) is 39.6 Å². The molecule has 0 aromatic carbocycles. The zero-order valence-electron chi connectivity index (χ0n) is 9.46. The van der Waals surface area contributed by atoms with Gasteiger partial charge in [0.25, 0.3) is 0 Å². The summed E-state index contributed by atoms with van der Waals surface area (Å²) in [6.07, 6.45) is 0.721. The maximum Gasteiger partial charge on any atom is 0.0743 e. The Morgan fingerprint density at radius 3 is 2.00 bits per heavy atom.